The van der Waals surface area contributed by atoms with Gasteiger partial charge in [-0.05, 0) is 23.3 Å². The van der Waals surface area contributed by atoms with Gasteiger partial charge in [0.2, 0.25) is 0 Å². The van der Waals surface area contributed by atoms with Crippen molar-refractivity contribution in [3.05, 3.63) is 71.0 Å². The van der Waals surface area contributed by atoms with Crippen LogP contribution in [0.5, 0.6) is 0 Å². The van der Waals surface area contributed by atoms with Gasteiger partial charge >= 0.3 is 0 Å². The molecule has 104 valence electrons. The van der Waals surface area contributed by atoms with E-state index in [1.54, 1.807) is 6.07 Å². The highest BCUT2D eigenvalue weighted by Gasteiger charge is 2.08. The molecule has 5 heteroatoms. The fourth-order valence-electron chi connectivity index (χ4n) is 1.93. The van der Waals surface area contributed by atoms with Gasteiger partial charge in [-0.15, -0.1) is 0 Å². The third kappa shape index (κ3) is 3.55. The van der Waals surface area contributed by atoms with Crippen LogP contribution in [0.3, 0.4) is 0 Å². The lowest BCUT2D eigenvalue weighted by atomic mass is 10.1. The van der Waals surface area contributed by atoms with Crippen LogP contribution in [-0.4, -0.2) is 11.0 Å². The number of nitrogens with two attached hydrogens (primary N) is 1. The van der Waals surface area contributed by atoms with Crippen molar-refractivity contribution >= 4 is 5.84 Å². The maximum Gasteiger partial charge on any atom is 0.170 e. The van der Waals surface area contributed by atoms with Gasteiger partial charge in [0, 0.05) is 18.7 Å². The van der Waals surface area contributed by atoms with Crippen LogP contribution in [0.15, 0.2) is 53.7 Å². The average Bonchev–Trinajstić information content (AvgIpc) is 2.49. The number of nitrogens with zero attached hydrogens (tertiary/aromatic N) is 1. The van der Waals surface area contributed by atoms with Crippen LogP contribution in [0, 0.1) is 5.82 Å². The molecule has 0 heterocycles. The molecule has 0 unspecified atom stereocenters. The van der Waals surface area contributed by atoms with Crippen molar-refractivity contribution in [3.63, 3.8) is 0 Å². The molecule has 0 saturated carbocycles. The summed E-state index contributed by atoms with van der Waals surface area (Å²) in [6, 6.07) is 14.2. The molecule has 0 spiro atoms. The SMILES string of the molecule is NC(=NO)c1cc(F)ccc1CNCc1ccccc1. The Morgan fingerprint density at radius 1 is 1.15 bits per heavy atom. The summed E-state index contributed by atoms with van der Waals surface area (Å²) < 4.78 is 13.2. The Kier molecular flexibility index (Phi) is 4.68. The highest BCUT2D eigenvalue weighted by molar-refractivity contribution is 5.98. The van der Waals surface area contributed by atoms with Gasteiger partial charge in [0.15, 0.2) is 5.84 Å². The Morgan fingerprint density at radius 2 is 1.90 bits per heavy atom. The van der Waals surface area contributed by atoms with Crippen LogP contribution in [0.2, 0.25) is 0 Å². The Morgan fingerprint density at radius 3 is 2.60 bits per heavy atom. The number of nitrogens with one attached hydrogen (secondary N) is 1. The van der Waals surface area contributed by atoms with Crippen molar-refractivity contribution in [1.29, 1.82) is 0 Å². The third-order valence-electron chi connectivity index (χ3n) is 2.94. The largest absolute Gasteiger partial charge is 0.409 e. The fraction of sp³-hybridized carbons (Fsp3) is 0.133. The quantitative estimate of drug-likeness (QED) is 0.338. The first-order chi connectivity index (χ1) is 9.70. The first-order valence-corrected chi connectivity index (χ1v) is 6.21. The number of amidine groups is 1. The Bertz CT molecular complexity index is 599. The second-order valence-electron chi connectivity index (χ2n) is 4.38. The van der Waals surface area contributed by atoms with Crippen molar-refractivity contribution in [2.45, 2.75) is 13.1 Å². The maximum atomic E-state index is 13.2. The van der Waals surface area contributed by atoms with E-state index in [1.807, 2.05) is 30.3 Å². The minimum Gasteiger partial charge on any atom is -0.409 e. The van der Waals surface area contributed by atoms with Gasteiger partial charge in [-0.25, -0.2) is 4.39 Å². The van der Waals surface area contributed by atoms with Crippen molar-refractivity contribution in [3.8, 4) is 0 Å². The van der Waals surface area contributed by atoms with E-state index in [2.05, 4.69) is 10.5 Å². The highest BCUT2D eigenvalue weighted by Crippen LogP contribution is 2.11. The summed E-state index contributed by atoms with van der Waals surface area (Å²) in [5.74, 6) is -0.514. The molecule has 0 aliphatic heterocycles. The molecule has 0 aliphatic carbocycles. The van der Waals surface area contributed by atoms with Crippen molar-refractivity contribution in [2.24, 2.45) is 10.9 Å². The number of rotatable bonds is 5. The maximum absolute atomic E-state index is 13.2. The molecule has 4 nitrogen and oxygen atoms in total. The second kappa shape index (κ2) is 6.68. The van der Waals surface area contributed by atoms with Crippen LogP contribution >= 0.6 is 0 Å². The van der Waals surface area contributed by atoms with Gasteiger partial charge in [-0.3, -0.25) is 0 Å². The zero-order valence-electron chi connectivity index (χ0n) is 10.9. The molecule has 0 aromatic heterocycles. The zero-order valence-corrected chi connectivity index (χ0v) is 10.9. The normalized spacial score (nSPS) is 11.6. The first kappa shape index (κ1) is 14.0. The molecule has 0 saturated heterocycles. The number of benzene rings is 2. The van der Waals surface area contributed by atoms with E-state index in [0.29, 0.717) is 18.7 Å². The molecular formula is C15H16FN3O. The number of hydrogen-bond acceptors (Lipinski definition) is 3. The molecule has 0 fully saturated rings. The van der Waals surface area contributed by atoms with Crippen LogP contribution in [0.1, 0.15) is 16.7 Å². The lowest BCUT2D eigenvalue weighted by molar-refractivity contribution is 0.318. The molecule has 2 rings (SSSR count). The molecule has 0 bridgehead atoms. The van der Waals surface area contributed by atoms with Crippen LogP contribution in [0.4, 0.5) is 4.39 Å². The Hall–Kier alpha value is -2.40. The minimum atomic E-state index is -0.418. The predicted molar refractivity (Wildman–Crippen MR) is 75.9 cm³/mol. The molecule has 4 N–H and O–H groups in total. The number of oxime groups is 1. The predicted octanol–water partition coefficient (Wildman–Crippen LogP) is 2.21. The number of halogens is 1. The third-order valence-corrected chi connectivity index (χ3v) is 2.94. The second-order valence-corrected chi connectivity index (χ2v) is 4.38. The fourth-order valence-corrected chi connectivity index (χ4v) is 1.93. The molecule has 0 aliphatic rings. The zero-order chi connectivity index (χ0) is 14.4. The number of hydrogen-bond donors (Lipinski definition) is 3. The van der Waals surface area contributed by atoms with Gasteiger partial charge < -0.3 is 16.3 Å². The van der Waals surface area contributed by atoms with Gasteiger partial charge in [-0.1, -0.05) is 41.6 Å². The van der Waals surface area contributed by atoms with Crippen molar-refractivity contribution < 1.29 is 9.60 Å². The van der Waals surface area contributed by atoms with E-state index in [4.69, 9.17) is 10.9 Å². The molecule has 2 aromatic carbocycles. The summed E-state index contributed by atoms with van der Waals surface area (Å²) in [5.41, 5.74) is 7.88. The monoisotopic (exact) mass is 273 g/mol. The van der Waals surface area contributed by atoms with Crippen molar-refractivity contribution in [1.82, 2.24) is 5.32 Å². The first-order valence-electron chi connectivity index (χ1n) is 6.21. The Balaban J connectivity index is 2.06. The van der Waals surface area contributed by atoms with Gasteiger partial charge in [-0.2, -0.15) is 0 Å². The average molecular weight is 273 g/mol. The smallest absolute Gasteiger partial charge is 0.170 e. The minimum absolute atomic E-state index is 0.0963. The lowest BCUT2D eigenvalue weighted by Crippen LogP contribution is -2.20. The van der Waals surface area contributed by atoms with Crippen LogP contribution < -0.4 is 11.1 Å². The van der Waals surface area contributed by atoms with E-state index >= 15 is 0 Å². The summed E-state index contributed by atoms with van der Waals surface area (Å²) in [5, 5.41) is 14.9. The molecule has 0 atom stereocenters. The van der Waals surface area contributed by atoms with Crippen LogP contribution in [-0.2, 0) is 13.1 Å². The molecule has 0 amide bonds. The lowest BCUT2D eigenvalue weighted by Gasteiger charge is -2.10. The standard InChI is InChI=1S/C15H16FN3O/c16-13-7-6-12(14(8-13)15(17)19-20)10-18-9-11-4-2-1-3-5-11/h1-8,18,20H,9-10H2,(H2,17,19). The summed E-state index contributed by atoms with van der Waals surface area (Å²) in [6.07, 6.45) is 0. The Labute approximate surface area is 116 Å². The van der Waals surface area contributed by atoms with E-state index in [9.17, 15) is 4.39 Å². The molecule has 0 radical (unpaired) electrons. The van der Waals surface area contributed by atoms with E-state index in [1.165, 1.54) is 12.1 Å². The van der Waals surface area contributed by atoms with Gasteiger partial charge in [0.25, 0.3) is 0 Å². The topological polar surface area (TPSA) is 70.6 Å². The van der Waals surface area contributed by atoms with Gasteiger partial charge in [0.05, 0.1) is 0 Å². The van der Waals surface area contributed by atoms with E-state index < -0.39 is 5.82 Å². The molecular weight excluding hydrogens is 257 g/mol. The van der Waals surface area contributed by atoms with E-state index in [-0.39, 0.29) is 5.84 Å². The molecule has 2 aromatic rings. The van der Waals surface area contributed by atoms with E-state index in [0.717, 1.165) is 11.1 Å². The summed E-state index contributed by atoms with van der Waals surface area (Å²) in [7, 11) is 0. The summed E-state index contributed by atoms with van der Waals surface area (Å²) in [4.78, 5) is 0. The molecule has 20 heavy (non-hydrogen) atoms. The van der Waals surface area contributed by atoms with Crippen LogP contribution in [0.25, 0.3) is 0 Å². The van der Waals surface area contributed by atoms with Crippen molar-refractivity contribution in [2.75, 3.05) is 0 Å². The summed E-state index contributed by atoms with van der Waals surface area (Å²) >= 11 is 0. The summed E-state index contributed by atoms with van der Waals surface area (Å²) in [6.45, 7) is 1.19. The van der Waals surface area contributed by atoms with Gasteiger partial charge in [0.1, 0.15) is 5.82 Å². The highest BCUT2D eigenvalue weighted by atomic mass is 19.1.